The minimum Gasteiger partial charge on any atom is -0.368 e. The van der Waals surface area contributed by atoms with E-state index >= 15 is 0 Å². The lowest BCUT2D eigenvalue weighted by atomic mass is 9.97. The third-order valence-electron chi connectivity index (χ3n) is 4.25. The van der Waals surface area contributed by atoms with Gasteiger partial charge in [-0.1, -0.05) is 44.2 Å². The first-order valence-corrected chi connectivity index (χ1v) is 9.08. The van der Waals surface area contributed by atoms with Crippen LogP contribution in [0.5, 0.6) is 0 Å². The van der Waals surface area contributed by atoms with Crippen molar-refractivity contribution < 1.29 is 19.2 Å². The normalized spacial score (nSPS) is 14.0. The first-order valence-electron chi connectivity index (χ1n) is 9.08. The molecule has 3 atom stereocenters. The molecule has 1 rings (SSSR count). The monoisotopic (exact) mass is 391 g/mol. The zero-order valence-corrected chi connectivity index (χ0v) is 16.2. The third kappa shape index (κ3) is 7.45. The van der Waals surface area contributed by atoms with Gasteiger partial charge in [-0.2, -0.15) is 0 Å². The van der Waals surface area contributed by atoms with E-state index < -0.39 is 35.7 Å². The smallest absolute Gasteiger partial charge is 0.242 e. The quantitative estimate of drug-likeness (QED) is 0.290. The van der Waals surface area contributed by atoms with Crippen LogP contribution in [0, 0.1) is 5.92 Å². The molecule has 1 aromatic carbocycles. The summed E-state index contributed by atoms with van der Waals surface area (Å²) in [6.45, 7) is 3.71. The molecule has 0 aliphatic heterocycles. The molecule has 0 aliphatic rings. The Balaban J connectivity index is 2.69. The second-order valence-corrected chi connectivity index (χ2v) is 6.90. The van der Waals surface area contributed by atoms with Crippen LogP contribution in [0.15, 0.2) is 30.3 Å². The molecule has 3 amide bonds. The van der Waals surface area contributed by atoms with E-state index in [-0.39, 0.29) is 31.2 Å². The highest BCUT2D eigenvalue weighted by Gasteiger charge is 2.29. The van der Waals surface area contributed by atoms with Crippen molar-refractivity contribution in [1.82, 2.24) is 10.6 Å². The molecule has 8 N–H and O–H groups in total. The summed E-state index contributed by atoms with van der Waals surface area (Å²) in [6.07, 6.45) is 0.109. The molecule has 0 saturated heterocycles. The van der Waals surface area contributed by atoms with E-state index in [9.17, 15) is 19.2 Å². The summed E-state index contributed by atoms with van der Waals surface area (Å²) in [6, 6.07) is 5.79. The summed E-state index contributed by atoms with van der Waals surface area (Å²) in [7, 11) is 0. The fourth-order valence-electron chi connectivity index (χ4n) is 2.42. The van der Waals surface area contributed by atoms with Crippen molar-refractivity contribution >= 4 is 23.5 Å². The fourth-order valence-corrected chi connectivity index (χ4v) is 2.42. The van der Waals surface area contributed by atoms with Gasteiger partial charge in [-0.05, 0) is 17.9 Å². The summed E-state index contributed by atoms with van der Waals surface area (Å²) in [5.74, 6) is -2.49. The van der Waals surface area contributed by atoms with Gasteiger partial charge in [0.2, 0.25) is 17.7 Å². The van der Waals surface area contributed by atoms with E-state index in [0.29, 0.717) is 0 Å². The molecule has 1 unspecified atom stereocenters. The van der Waals surface area contributed by atoms with Gasteiger partial charge in [0, 0.05) is 13.0 Å². The van der Waals surface area contributed by atoms with E-state index in [2.05, 4.69) is 10.6 Å². The Morgan fingerprint density at radius 1 is 1.04 bits per heavy atom. The molecule has 0 bridgehead atoms. The van der Waals surface area contributed by atoms with Crippen LogP contribution in [0.3, 0.4) is 0 Å². The lowest BCUT2D eigenvalue weighted by molar-refractivity contribution is -0.132. The predicted molar refractivity (Wildman–Crippen MR) is 105 cm³/mol. The van der Waals surface area contributed by atoms with E-state index in [1.165, 1.54) is 0 Å². The molecule has 0 aliphatic carbocycles. The van der Waals surface area contributed by atoms with Gasteiger partial charge in [0.25, 0.3) is 0 Å². The van der Waals surface area contributed by atoms with Crippen LogP contribution in [0.25, 0.3) is 0 Å². The number of hydrogen-bond acceptors (Lipinski definition) is 6. The molecule has 0 spiro atoms. The third-order valence-corrected chi connectivity index (χ3v) is 4.25. The minimum atomic E-state index is -1.52. The highest BCUT2D eigenvalue weighted by Crippen LogP contribution is 2.06. The van der Waals surface area contributed by atoms with E-state index in [1.807, 2.05) is 19.9 Å². The summed E-state index contributed by atoms with van der Waals surface area (Å²) >= 11 is 0. The largest absolute Gasteiger partial charge is 0.368 e. The Morgan fingerprint density at radius 3 is 2.18 bits per heavy atom. The number of nitrogens with two attached hydrogens (primary N) is 3. The van der Waals surface area contributed by atoms with Crippen molar-refractivity contribution in [2.24, 2.45) is 23.1 Å². The SMILES string of the molecule is CC(C)[C@H](N)C(=O)NCCC(=O)N[C@@H](Cc1ccccc1)C(=O)C(N)C(N)=O. The van der Waals surface area contributed by atoms with Crippen LogP contribution in [-0.4, -0.2) is 48.2 Å². The number of Topliss-reactive ketones (excluding diaryl/α,β-unsaturated/α-hetero) is 1. The Bertz CT molecular complexity index is 693. The van der Waals surface area contributed by atoms with E-state index in [0.717, 1.165) is 5.56 Å². The van der Waals surface area contributed by atoms with Gasteiger partial charge in [-0.25, -0.2) is 0 Å². The van der Waals surface area contributed by atoms with Crippen molar-refractivity contribution in [1.29, 1.82) is 0 Å². The van der Waals surface area contributed by atoms with Crippen LogP contribution in [0.1, 0.15) is 25.8 Å². The zero-order valence-electron chi connectivity index (χ0n) is 16.2. The number of hydrogen-bond donors (Lipinski definition) is 5. The molecular formula is C19H29N5O4. The Kier molecular flexibility index (Phi) is 9.26. The summed E-state index contributed by atoms with van der Waals surface area (Å²) < 4.78 is 0. The maximum Gasteiger partial charge on any atom is 0.242 e. The molecular weight excluding hydrogens is 362 g/mol. The lowest BCUT2D eigenvalue weighted by Gasteiger charge is -2.20. The summed E-state index contributed by atoms with van der Waals surface area (Å²) in [4.78, 5) is 47.7. The standard InChI is InChI=1S/C19H29N5O4/c1-11(2)15(20)19(28)23-9-8-14(25)24-13(17(26)16(21)18(22)27)10-12-6-4-3-5-7-12/h3-7,11,13,15-16H,8-10,20-21H2,1-2H3,(H2,22,27)(H,23,28)(H,24,25)/t13-,15-,16?/m0/s1. The molecule has 0 radical (unpaired) electrons. The van der Waals surface area contributed by atoms with Gasteiger partial charge in [0.15, 0.2) is 5.78 Å². The first kappa shape index (κ1) is 23.3. The van der Waals surface area contributed by atoms with E-state index in [4.69, 9.17) is 17.2 Å². The van der Waals surface area contributed by atoms with Crippen molar-refractivity contribution in [3.05, 3.63) is 35.9 Å². The number of ketones is 1. The predicted octanol–water partition coefficient (Wildman–Crippen LogP) is -1.41. The van der Waals surface area contributed by atoms with Crippen LogP contribution in [-0.2, 0) is 25.6 Å². The topological polar surface area (TPSA) is 170 Å². The molecule has 1 aromatic rings. The molecule has 0 heterocycles. The van der Waals surface area contributed by atoms with Gasteiger partial charge >= 0.3 is 0 Å². The Morgan fingerprint density at radius 2 is 1.64 bits per heavy atom. The number of nitrogens with one attached hydrogen (secondary N) is 2. The molecule has 0 fully saturated rings. The molecule has 0 aromatic heterocycles. The highest BCUT2D eigenvalue weighted by molar-refractivity contribution is 6.07. The van der Waals surface area contributed by atoms with Crippen molar-refractivity contribution in [3.63, 3.8) is 0 Å². The van der Waals surface area contributed by atoms with Crippen molar-refractivity contribution in [2.45, 2.75) is 44.8 Å². The van der Waals surface area contributed by atoms with Gasteiger partial charge in [0.05, 0.1) is 12.1 Å². The van der Waals surface area contributed by atoms with E-state index in [1.54, 1.807) is 24.3 Å². The van der Waals surface area contributed by atoms with Crippen molar-refractivity contribution in [3.8, 4) is 0 Å². The molecule has 9 nitrogen and oxygen atoms in total. The fraction of sp³-hybridized carbons (Fsp3) is 0.474. The molecule has 9 heteroatoms. The van der Waals surface area contributed by atoms with Gasteiger partial charge < -0.3 is 27.8 Å². The number of benzene rings is 1. The van der Waals surface area contributed by atoms with Gasteiger partial charge in [-0.3, -0.25) is 19.2 Å². The van der Waals surface area contributed by atoms with Crippen molar-refractivity contribution in [2.75, 3.05) is 6.54 Å². The number of rotatable bonds is 11. The summed E-state index contributed by atoms with van der Waals surface area (Å²) in [5.41, 5.74) is 17.2. The average Bonchev–Trinajstić information content (AvgIpc) is 2.66. The van der Waals surface area contributed by atoms with Gasteiger partial charge in [-0.15, -0.1) is 0 Å². The number of amides is 3. The molecule has 154 valence electrons. The number of carbonyl (C=O) groups excluding carboxylic acids is 4. The molecule has 28 heavy (non-hydrogen) atoms. The number of primary amides is 1. The Hall–Kier alpha value is -2.78. The highest BCUT2D eigenvalue weighted by atomic mass is 16.2. The van der Waals surface area contributed by atoms with Crippen LogP contribution < -0.4 is 27.8 Å². The van der Waals surface area contributed by atoms with Crippen LogP contribution >= 0.6 is 0 Å². The molecule has 0 saturated carbocycles. The second kappa shape index (κ2) is 11.2. The maximum atomic E-state index is 12.4. The lowest BCUT2D eigenvalue weighted by Crippen LogP contribution is -2.54. The zero-order chi connectivity index (χ0) is 21.3. The number of carbonyl (C=O) groups is 4. The van der Waals surface area contributed by atoms with Crippen LogP contribution in [0.4, 0.5) is 0 Å². The average molecular weight is 391 g/mol. The minimum absolute atomic E-state index is 0.0306. The van der Waals surface area contributed by atoms with Gasteiger partial charge in [0.1, 0.15) is 6.04 Å². The van der Waals surface area contributed by atoms with Crippen LogP contribution in [0.2, 0.25) is 0 Å². The Labute approximate surface area is 164 Å². The first-order chi connectivity index (χ1) is 13.1. The maximum absolute atomic E-state index is 12.4. The second-order valence-electron chi connectivity index (χ2n) is 6.90. The summed E-state index contributed by atoms with van der Waals surface area (Å²) in [5, 5.41) is 5.15.